The SMILES string of the molecule is CCSCCCNCC1CCN(CC(F)(F)F)C1. The van der Waals surface area contributed by atoms with Gasteiger partial charge in [0.1, 0.15) is 0 Å². The van der Waals surface area contributed by atoms with Crippen LogP contribution in [0.2, 0.25) is 0 Å². The van der Waals surface area contributed by atoms with Crippen LogP contribution in [0, 0.1) is 5.92 Å². The van der Waals surface area contributed by atoms with Crippen molar-refractivity contribution in [3.05, 3.63) is 0 Å². The Morgan fingerprint density at radius 3 is 2.83 bits per heavy atom. The number of nitrogens with one attached hydrogen (secondary N) is 1. The Morgan fingerprint density at radius 1 is 1.39 bits per heavy atom. The van der Waals surface area contributed by atoms with Crippen molar-refractivity contribution >= 4 is 11.8 Å². The number of hydrogen-bond donors (Lipinski definition) is 1. The maximum atomic E-state index is 12.2. The van der Waals surface area contributed by atoms with Crippen molar-refractivity contribution in [3.63, 3.8) is 0 Å². The van der Waals surface area contributed by atoms with E-state index in [0.29, 0.717) is 19.0 Å². The Balaban J connectivity index is 2.01. The molecule has 0 aromatic rings. The third-order valence-electron chi connectivity index (χ3n) is 3.05. The quantitative estimate of drug-likeness (QED) is 0.690. The van der Waals surface area contributed by atoms with E-state index in [4.69, 9.17) is 0 Å². The average Bonchev–Trinajstić information content (AvgIpc) is 2.68. The number of alkyl halides is 3. The maximum Gasteiger partial charge on any atom is 0.401 e. The molecule has 0 aromatic heterocycles. The van der Waals surface area contributed by atoms with E-state index in [2.05, 4.69) is 12.2 Å². The molecule has 1 aliphatic heterocycles. The molecule has 108 valence electrons. The monoisotopic (exact) mass is 284 g/mol. The molecular weight excluding hydrogens is 261 g/mol. The van der Waals surface area contributed by atoms with Crippen LogP contribution in [-0.4, -0.2) is 55.3 Å². The van der Waals surface area contributed by atoms with Crippen molar-refractivity contribution in [1.29, 1.82) is 0 Å². The molecule has 1 heterocycles. The molecule has 1 saturated heterocycles. The van der Waals surface area contributed by atoms with Crippen LogP contribution in [-0.2, 0) is 0 Å². The summed E-state index contributed by atoms with van der Waals surface area (Å²) in [5.74, 6) is 2.69. The lowest BCUT2D eigenvalue weighted by Crippen LogP contribution is -2.33. The fourth-order valence-electron chi connectivity index (χ4n) is 2.23. The molecule has 1 atom stereocenters. The Bertz CT molecular complexity index is 224. The van der Waals surface area contributed by atoms with Crippen molar-refractivity contribution in [3.8, 4) is 0 Å². The summed E-state index contributed by atoms with van der Waals surface area (Å²) in [7, 11) is 0. The van der Waals surface area contributed by atoms with Gasteiger partial charge in [-0.25, -0.2) is 0 Å². The highest BCUT2D eigenvalue weighted by molar-refractivity contribution is 7.99. The Morgan fingerprint density at radius 2 is 2.17 bits per heavy atom. The first-order valence-corrected chi connectivity index (χ1v) is 7.74. The molecule has 2 nitrogen and oxygen atoms in total. The zero-order chi connectivity index (χ0) is 13.4. The van der Waals surface area contributed by atoms with Gasteiger partial charge in [-0.1, -0.05) is 6.92 Å². The minimum absolute atomic E-state index is 0.381. The Hall–Kier alpha value is 0.0600. The molecule has 1 unspecified atom stereocenters. The van der Waals surface area contributed by atoms with E-state index >= 15 is 0 Å². The zero-order valence-corrected chi connectivity index (χ0v) is 11.7. The van der Waals surface area contributed by atoms with E-state index in [1.54, 1.807) is 0 Å². The average molecular weight is 284 g/mol. The Labute approximate surface area is 112 Å². The van der Waals surface area contributed by atoms with Crippen LogP contribution in [0.1, 0.15) is 19.8 Å². The van der Waals surface area contributed by atoms with Gasteiger partial charge in [0, 0.05) is 6.54 Å². The number of rotatable bonds is 8. The molecule has 18 heavy (non-hydrogen) atoms. The van der Waals surface area contributed by atoms with Crippen molar-refractivity contribution < 1.29 is 13.2 Å². The van der Waals surface area contributed by atoms with Gasteiger partial charge in [-0.15, -0.1) is 0 Å². The summed E-state index contributed by atoms with van der Waals surface area (Å²) in [6.07, 6.45) is -2.04. The smallest absolute Gasteiger partial charge is 0.316 e. The van der Waals surface area contributed by atoms with Crippen molar-refractivity contribution in [2.45, 2.75) is 25.9 Å². The van der Waals surface area contributed by atoms with Gasteiger partial charge in [-0.3, -0.25) is 4.90 Å². The van der Waals surface area contributed by atoms with E-state index in [1.807, 2.05) is 11.8 Å². The molecule has 1 N–H and O–H groups in total. The van der Waals surface area contributed by atoms with Gasteiger partial charge in [-0.2, -0.15) is 24.9 Å². The highest BCUT2D eigenvalue weighted by atomic mass is 32.2. The third kappa shape index (κ3) is 7.48. The summed E-state index contributed by atoms with van der Waals surface area (Å²) in [6.45, 7) is 4.38. The first-order chi connectivity index (χ1) is 8.51. The molecule has 0 aromatic carbocycles. The standard InChI is InChI=1S/C12H23F3N2S/c1-2-18-7-3-5-16-8-11-4-6-17(9-11)10-12(13,14)15/h11,16H,2-10H2,1H3. The summed E-state index contributed by atoms with van der Waals surface area (Å²) in [5.41, 5.74) is 0. The molecule has 0 bridgehead atoms. The highest BCUT2D eigenvalue weighted by Crippen LogP contribution is 2.22. The van der Waals surface area contributed by atoms with Crippen LogP contribution in [0.15, 0.2) is 0 Å². The predicted octanol–water partition coefficient (Wildman–Crippen LogP) is 2.60. The number of thioether (sulfide) groups is 1. The molecule has 6 heteroatoms. The first kappa shape index (κ1) is 16.1. The second-order valence-corrected chi connectivity index (χ2v) is 6.15. The summed E-state index contributed by atoms with van der Waals surface area (Å²) in [5, 5.41) is 3.35. The van der Waals surface area contributed by atoms with E-state index in [-0.39, 0.29) is 0 Å². The van der Waals surface area contributed by atoms with Gasteiger partial charge >= 0.3 is 6.18 Å². The van der Waals surface area contributed by atoms with Gasteiger partial charge in [0.2, 0.25) is 0 Å². The van der Waals surface area contributed by atoms with E-state index in [9.17, 15) is 13.2 Å². The summed E-state index contributed by atoms with van der Waals surface area (Å²) in [6, 6.07) is 0. The fraction of sp³-hybridized carbons (Fsp3) is 1.00. The molecule has 0 radical (unpaired) electrons. The first-order valence-electron chi connectivity index (χ1n) is 6.59. The predicted molar refractivity (Wildman–Crippen MR) is 71.1 cm³/mol. The topological polar surface area (TPSA) is 15.3 Å². The van der Waals surface area contributed by atoms with Gasteiger partial charge < -0.3 is 5.32 Å². The summed E-state index contributed by atoms with van der Waals surface area (Å²) >= 11 is 1.92. The summed E-state index contributed by atoms with van der Waals surface area (Å²) in [4.78, 5) is 1.51. The highest BCUT2D eigenvalue weighted by Gasteiger charge is 2.34. The van der Waals surface area contributed by atoms with Gasteiger partial charge in [0.25, 0.3) is 0 Å². The lowest BCUT2D eigenvalue weighted by molar-refractivity contribution is -0.143. The third-order valence-corrected chi connectivity index (χ3v) is 4.04. The van der Waals surface area contributed by atoms with Crippen LogP contribution in [0.3, 0.4) is 0 Å². The number of nitrogens with zero attached hydrogens (tertiary/aromatic N) is 1. The van der Waals surface area contributed by atoms with Crippen LogP contribution in [0.4, 0.5) is 13.2 Å². The normalized spacial score (nSPS) is 21.7. The summed E-state index contributed by atoms with van der Waals surface area (Å²) < 4.78 is 36.6. The van der Waals surface area contributed by atoms with Crippen LogP contribution >= 0.6 is 11.8 Å². The minimum Gasteiger partial charge on any atom is -0.316 e. The molecule has 0 spiro atoms. The molecule has 0 aliphatic carbocycles. The van der Waals surface area contributed by atoms with Gasteiger partial charge in [0.15, 0.2) is 0 Å². The number of hydrogen-bond acceptors (Lipinski definition) is 3. The van der Waals surface area contributed by atoms with Crippen LogP contribution in [0.5, 0.6) is 0 Å². The minimum atomic E-state index is -4.06. The van der Waals surface area contributed by atoms with E-state index < -0.39 is 12.7 Å². The maximum absolute atomic E-state index is 12.2. The van der Waals surface area contributed by atoms with Crippen molar-refractivity contribution in [1.82, 2.24) is 10.2 Å². The van der Waals surface area contributed by atoms with Crippen molar-refractivity contribution in [2.24, 2.45) is 5.92 Å². The van der Waals surface area contributed by atoms with Crippen molar-refractivity contribution in [2.75, 3.05) is 44.2 Å². The largest absolute Gasteiger partial charge is 0.401 e. The van der Waals surface area contributed by atoms with E-state index in [0.717, 1.165) is 37.4 Å². The molecule has 1 aliphatic rings. The molecule has 0 amide bonds. The fourth-order valence-corrected chi connectivity index (χ4v) is 2.86. The van der Waals surface area contributed by atoms with Gasteiger partial charge in [-0.05, 0) is 49.9 Å². The lowest BCUT2D eigenvalue weighted by atomic mass is 10.1. The Kier molecular flexibility index (Phi) is 7.41. The number of likely N-dealkylation sites (tertiary alicyclic amines) is 1. The molecule has 1 fully saturated rings. The molecule has 0 saturated carbocycles. The van der Waals surface area contributed by atoms with Crippen LogP contribution in [0.25, 0.3) is 0 Å². The van der Waals surface area contributed by atoms with Crippen LogP contribution < -0.4 is 5.32 Å². The molecule has 1 rings (SSSR count). The second kappa shape index (κ2) is 8.27. The second-order valence-electron chi connectivity index (χ2n) is 4.76. The number of halogens is 3. The molecular formula is C12H23F3N2S. The lowest BCUT2D eigenvalue weighted by Gasteiger charge is -2.18. The van der Waals surface area contributed by atoms with Gasteiger partial charge in [0.05, 0.1) is 6.54 Å². The van der Waals surface area contributed by atoms with E-state index in [1.165, 1.54) is 4.90 Å². The zero-order valence-electron chi connectivity index (χ0n) is 10.9.